The number of hydrogen-bond acceptors (Lipinski definition) is 5. The molecule has 9 nitrogen and oxygen atoms in total. The van der Waals surface area contributed by atoms with Crippen molar-refractivity contribution in [2.24, 2.45) is 12.5 Å². The number of aliphatic hydroxyl groups excluding tert-OH is 1. The summed E-state index contributed by atoms with van der Waals surface area (Å²) >= 11 is 0. The van der Waals surface area contributed by atoms with Crippen LogP contribution in [0.5, 0.6) is 0 Å². The molecule has 144 valence electrons. The first-order valence-electron chi connectivity index (χ1n) is 8.73. The van der Waals surface area contributed by atoms with E-state index in [9.17, 15) is 14.7 Å². The summed E-state index contributed by atoms with van der Waals surface area (Å²) in [6, 6.07) is 1.91. The van der Waals surface area contributed by atoms with Crippen molar-refractivity contribution in [1.82, 2.24) is 20.0 Å². The van der Waals surface area contributed by atoms with Crippen molar-refractivity contribution in [2.45, 2.75) is 38.2 Å². The van der Waals surface area contributed by atoms with Crippen LogP contribution in [0.4, 0.5) is 0 Å². The molecule has 0 aromatic carbocycles. The molecule has 1 aromatic rings. The Labute approximate surface area is 152 Å². The molecule has 2 fully saturated rings. The number of carboxylic acid groups (broad SMARTS) is 1. The largest absolute Gasteiger partial charge is 0.483 e. The van der Waals surface area contributed by atoms with Crippen LogP contribution in [0.3, 0.4) is 0 Å². The second-order valence-corrected chi connectivity index (χ2v) is 6.69. The minimum atomic E-state index is -0.821. The van der Waals surface area contributed by atoms with E-state index < -0.39 is 11.5 Å². The molecule has 2 aliphatic rings. The van der Waals surface area contributed by atoms with Crippen molar-refractivity contribution < 1.29 is 24.6 Å². The van der Waals surface area contributed by atoms with Gasteiger partial charge in [0.2, 0.25) is 11.8 Å². The molecular weight excluding hydrogens is 340 g/mol. The van der Waals surface area contributed by atoms with E-state index in [1.807, 2.05) is 13.1 Å². The molecule has 1 spiro atoms. The summed E-state index contributed by atoms with van der Waals surface area (Å²) in [7, 11) is 1.86. The number of aliphatic hydroxyl groups is 1. The third-order valence-corrected chi connectivity index (χ3v) is 5.19. The van der Waals surface area contributed by atoms with Gasteiger partial charge in [0.05, 0.1) is 11.5 Å². The predicted octanol–water partition coefficient (Wildman–Crippen LogP) is -0.457. The molecule has 9 heteroatoms. The van der Waals surface area contributed by atoms with Crippen molar-refractivity contribution >= 4 is 18.3 Å². The number of hydrogen-bond donors (Lipinski definition) is 3. The van der Waals surface area contributed by atoms with E-state index in [1.165, 1.54) is 0 Å². The van der Waals surface area contributed by atoms with Crippen LogP contribution < -0.4 is 5.32 Å². The highest BCUT2D eigenvalue weighted by Crippen LogP contribution is 2.37. The van der Waals surface area contributed by atoms with Gasteiger partial charge in [0, 0.05) is 45.0 Å². The van der Waals surface area contributed by atoms with Gasteiger partial charge in [0.25, 0.3) is 6.47 Å². The smallest absolute Gasteiger partial charge is 0.290 e. The van der Waals surface area contributed by atoms with Gasteiger partial charge in [0.1, 0.15) is 0 Å². The molecule has 26 heavy (non-hydrogen) atoms. The zero-order chi connectivity index (χ0) is 19.2. The van der Waals surface area contributed by atoms with Crippen molar-refractivity contribution in [3.8, 4) is 0 Å². The van der Waals surface area contributed by atoms with Crippen LogP contribution in [-0.4, -0.2) is 68.9 Å². The van der Waals surface area contributed by atoms with Gasteiger partial charge in [0.15, 0.2) is 0 Å². The number of piperidine rings is 2. The highest BCUT2D eigenvalue weighted by atomic mass is 16.3. The molecule has 0 bridgehead atoms. The fourth-order valence-electron chi connectivity index (χ4n) is 3.70. The molecule has 3 rings (SSSR count). The highest BCUT2D eigenvalue weighted by Gasteiger charge is 2.50. The number of carbonyl (C=O) groups is 3. The van der Waals surface area contributed by atoms with E-state index in [2.05, 4.69) is 10.4 Å². The number of likely N-dealkylation sites (tertiary alicyclic amines) is 1. The molecule has 3 N–H and O–H groups in total. The Balaban J connectivity index is 0.000000758. The fourth-order valence-corrected chi connectivity index (χ4v) is 3.70. The number of aryl methyl sites for hydroxylation is 2. The monoisotopic (exact) mass is 366 g/mol. The lowest BCUT2D eigenvalue weighted by Crippen LogP contribution is -2.62. The van der Waals surface area contributed by atoms with Crippen LogP contribution in [-0.2, 0) is 27.9 Å². The first-order chi connectivity index (χ1) is 12.4. The third kappa shape index (κ3) is 4.21. The van der Waals surface area contributed by atoms with Gasteiger partial charge in [-0.05, 0) is 31.7 Å². The molecular formula is C17H26N4O5. The molecule has 2 aliphatic heterocycles. The van der Waals surface area contributed by atoms with Gasteiger partial charge >= 0.3 is 0 Å². The molecule has 3 heterocycles. The fraction of sp³-hybridized carbons (Fsp3) is 0.647. The molecule has 0 aliphatic carbocycles. The standard InChI is InChI=1S/C16H24N4O3.CH2O2/c1-19-12(5-9-18-19)3-4-14(22)20-10-6-13(21)16(11-20)7-2-8-17-15(16)23;2-1-3/h5,9,13,21H,2-4,6-8,10-11H2,1H3,(H,17,23);1H,(H,2,3)/t13-,16-;/m1./s1. The molecule has 2 saturated heterocycles. The van der Waals surface area contributed by atoms with Crippen molar-refractivity contribution in [2.75, 3.05) is 19.6 Å². The lowest BCUT2D eigenvalue weighted by Gasteiger charge is -2.46. The zero-order valence-electron chi connectivity index (χ0n) is 14.9. The molecule has 0 saturated carbocycles. The molecule has 0 radical (unpaired) electrons. The Bertz CT molecular complexity index is 647. The number of aromatic nitrogens is 2. The maximum Gasteiger partial charge on any atom is 0.290 e. The van der Waals surface area contributed by atoms with Crippen LogP contribution in [0.25, 0.3) is 0 Å². The lowest BCUT2D eigenvalue weighted by atomic mass is 9.71. The number of carbonyl (C=O) groups excluding carboxylic acids is 2. The van der Waals surface area contributed by atoms with Gasteiger partial charge in [-0.2, -0.15) is 5.10 Å². The van der Waals surface area contributed by atoms with Gasteiger partial charge in [-0.25, -0.2) is 0 Å². The Morgan fingerprint density at radius 3 is 2.88 bits per heavy atom. The Kier molecular flexibility index (Phi) is 6.73. The Morgan fingerprint density at radius 1 is 1.54 bits per heavy atom. The minimum absolute atomic E-state index is 0.0378. The van der Waals surface area contributed by atoms with Gasteiger partial charge < -0.3 is 20.4 Å². The average molecular weight is 366 g/mol. The summed E-state index contributed by atoms with van der Waals surface area (Å²) in [6.07, 6.45) is 4.04. The van der Waals surface area contributed by atoms with E-state index in [1.54, 1.807) is 15.8 Å². The molecule has 0 unspecified atom stereocenters. The minimum Gasteiger partial charge on any atom is -0.483 e. The van der Waals surface area contributed by atoms with Crippen LogP contribution in [0, 0.1) is 5.41 Å². The number of rotatable bonds is 3. The number of nitrogens with zero attached hydrogens (tertiary/aromatic N) is 3. The molecule has 2 amide bonds. The van der Waals surface area contributed by atoms with Gasteiger partial charge in [-0.15, -0.1) is 0 Å². The summed E-state index contributed by atoms with van der Waals surface area (Å²) in [6.45, 7) is 1.24. The highest BCUT2D eigenvalue weighted by molar-refractivity contribution is 5.86. The van der Waals surface area contributed by atoms with Crippen molar-refractivity contribution in [3.63, 3.8) is 0 Å². The predicted molar refractivity (Wildman–Crippen MR) is 92.1 cm³/mol. The van der Waals surface area contributed by atoms with Crippen molar-refractivity contribution in [3.05, 3.63) is 18.0 Å². The quantitative estimate of drug-likeness (QED) is 0.622. The summed E-state index contributed by atoms with van der Waals surface area (Å²) < 4.78 is 1.77. The molecule has 2 atom stereocenters. The van der Waals surface area contributed by atoms with E-state index >= 15 is 0 Å². The molecule has 1 aromatic heterocycles. The normalized spacial score (nSPS) is 25.2. The Hall–Kier alpha value is -2.42. The summed E-state index contributed by atoms with van der Waals surface area (Å²) in [5.74, 6) is -0.0729. The van der Waals surface area contributed by atoms with E-state index in [4.69, 9.17) is 9.90 Å². The van der Waals surface area contributed by atoms with Crippen LogP contribution in [0.2, 0.25) is 0 Å². The van der Waals surface area contributed by atoms with Crippen LogP contribution in [0.15, 0.2) is 12.3 Å². The first kappa shape index (κ1) is 19.9. The third-order valence-electron chi connectivity index (χ3n) is 5.19. The maximum atomic E-state index is 12.5. The zero-order valence-corrected chi connectivity index (χ0v) is 14.9. The lowest BCUT2D eigenvalue weighted by molar-refractivity contribution is -0.154. The van der Waals surface area contributed by atoms with E-state index in [0.29, 0.717) is 45.3 Å². The second kappa shape index (κ2) is 8.79. The summed E-state index contributed by atoms with van der Waals surface area (Å²) in [5, 5.41) is 24.2. The maximum absolute atomic E-state index is 12.5. The second-order valence-electron chi connectivity index (χ2n) is 6.69. The number of amides is 2. The van der Waals surface area contributed by atoms with Crippen molar-refractivity contribution in [1.29, 1.82) is 0 Å². The van der Waals surface area contributed by atoms with Crippen LogP contribution in [0.1, 0.15) is 31.4 Å². The van der Waals surface area contributed by atoms with Gasteiger partial charge in [-0.3, -0.25) is 19.1 Å². The first-order valence-corrected chi connectivity index (χ1v) is 8.73. The van der Waals surface area contributed by atoms with E-state index in [-0.39, 0.29) is 18.3 Å². The Morgan fingerprint density at radius 2 is 2.27 bits per heavy atom. The van der Waals surface area contributed by atoms with E-state index in [0.717, 1.165) is 12.1 Å². The topological polar surface area (TPSA) is 125 Å². The summed E-state index contributed by atoms with van der Waals surface area (Å²) in [5.41, 5.74) is 0.194. The van der Waals surface area contributed by atoms with Crippen LogP contribution >= 0.6 is 0 Å². The van der Waals surface area contributed by atoms with Gasteiger partial charge in [-0.1, -0.05) is 0 Å². The number of nitrogens with one attached hydrogen (secondary N) is 1. The average Bonchev–Trinajstić information content (AvgIpc) is 3.03. The SMILES string of the molecule is Cn1nccc1CCC(=O)N1CC[C@@H](O)[C@@]2(CCCNC2=O)C1.O=CO. The summed E-state index contributed by atoms with van der Waals surface area (Å²) in [4.78, 5) is 35.0.